The van der Waals surface area contributed by atoms with Gasteiger partial charge in [-0.2, -0.15) is 0 Å². The van der Waals surface area contributed by atoms with Gasteiger partial charge in [-0.15, -0.1) is 0 Å². The van der Waals surface area contributed by atoms with E-state index >= 15 is 0 Å². The summed E-state index contributed by atoms with van der Waals surface area (Å²) >= 11 is 0. The van der Waals surface area contributed by atoms with Gasteiger partial charge in [-0.1, -0.05) is 18.2 Å². The third kappa shape index (κ3) is 1.73. The van der Waals surface area contributed by atoms with Crippen LogP contribution in [0.3, 0.4) is 0 Å². The predicted molar refractivity (Wildman–Crippen MR) is 61.5 cm³/mol. The molecule has 2 atom stereocenters. The van der Waals surface area contributed by atoms with Crippen LogP contribution in [0.5, 0.6) is 0 Å². The zero-order valence-electron chi connectivity index (χ0n) is 8.82. The summed E-state index contributed by atoms with van der Waals surface area (Å²) in [5.41, 5.74) is 8.13. The molecule has 0 amide bonds. The lowest BCUT2D eigenvalue weighted by molar-refractivity contribution is 0.0727. The molecule has 2 unspecified atom stereocenters. The molecule has 0 aliphatic carbocycles. The van der Waals surface area contributed by atoms with Gasteiger partial charge in [-0.3, -0.25) is 4.90 Å². The fraction of sp³-hybridized carbons (Fsp3) is 0.500. The zero-order valence-corrected chi connectivity index (χ0v) is 8.82. The number of rotatable bonds is 2. The number of nitrogens with two attached hydrogens (primary N) is 1. The number of nitrogens with zero attached hydrogens (tertiary/aromatic N) is 1. The lowest BCUT2D eigenvalue weighted by Gasteiger charge is -2.48. The summed E-state index contributed by atoms with van der Waals surface area (Å²) in [5, 5.41) is 3.54. The molecule has 0 spiro atoms. The van der Waals surface area contributed by atoms with Crippen LogP contribution < -0.4 is 11.1 Å². The van der Waals surface area contributed by atoms with Crippen molar-refractivity contribution in [1.29, 1.82) is 0 Å². The minimum Gasteiger partial charge on any atom is -0.398 e. The third-order valence-corrected chi connectivity index (χ3v) is 3.45. The van der Waals surface area contributed by atoms with E-state index in [1.165, 1.54) is 25.1 Å². The summed E-state index contributed by atoms with van der Waals surface area (Å²) in [7, 11) is 0. The Morgan fingerprint density at radius 1 is 1.27 bits per heavy atom. The average molecular weight is 203 g/mol. The van der Waals surface area contributed by atoms with E-state index in [1.54, 1.807) is 0 Å². The Morgan fingerprint density at radius 3 is 2.60 bits per heavy atom. The van der Waals surface area contributed by atoms with E-state index in [0.717, 1.165) is 24.3 Å². The van der Waals surface area contributed by atoms with Gasteiger partial charge in [-0.25, -0.2) is 0 Å². The van der Waals surface area contributed by atoms with E-state index in [0.29, 0.717) is 0 Å². The molecule has 0 aromatic heterocycles. The van der Waals surface area contributed by atoms with Gasteiger partial charge in [0.1, 0.15) is 0 Å². The van der Waals surface area contributed by atoms with Crippen molar-refractivity contribution in [2.75, 3.05) is 18.8 Å². The lowest BCUT2D eigenvalue weighted by Crippen LogP contribution is -2.66. The van der Waals surface area contributed by atoms with Gasteiger partial charge < -0.3 is 11.1 Å². The Balaban J connectivity index is 1.68. The molecular formula is C12H17N3. The van der Waals surface area contributed by atoms with Gasteiger partial charge in [0.25, 0.3) is 0 Å². The van der Waals surface area contributed by atoms with Crippen molar-refractivity contribution in [3.05, 3.63) is 29.8 Å². The highest BCUT2D eigenvalue weighted by Gasteiger charge is 2.36. The minimum absolute atomic E-state index is 0.730. The van der Waals surface area contributed by atoms with Crippen LogP contribution >= 0.6 is 0 Å². The Kier molecular flexibility index (Phi) is 2.15. The summed E-state index contributed by atoms with van der Waals surface area (Å²) in [6, 6.07) is 9.63. The molecule has 3 nitrogen and oxygen atoms in total. The Hall–Kier alpha value is -1.06. The molecule has 1 aromatic rings. The highest BCUT2D eigenvalue weighted by molar-refractivity contribution is 5.46. The van der Waals surface area contributed by atoms with Gasteiger partial charge in [0.05, 0.1) is 0 Å². The molecule has 3 saturated heterocycles. The molecule has 0 radical (unpaired) electrons. The van der Waals surface area contributed by atoms with Crippen LogP contribution in [0.15, 0.2) is 24.3 Å². The predicted octanol–water partition coefficient (Wildman–Crippen LogP) is 0.815. The highest BCUT2D eigenvalue weighted by Crippen LogP contribution is 2.23. The molecular weight excluding hydrogens is 186 g/mol. The number of nitrogen functional groups attached to an aromatic ring is 1. The number of hydrogen-bond acceptors (Lipinski definition) is 3. The van der Waals surface area contributed by atoms with Gasteiger partial charge >= 0.3 is 0 Å². The topological polar surface area (TPSA) is 41.3 Å². The van der Waals surface area contributed by atoms with E-state index < -0.39 is 0 Å². The number of nitrogens with one attached hydrogen (secondary N) is 1. The minimum atomic E-state index is 0.730. The Labute approximate surface area is 90.3 Å². The highest BCUT2D eigenvalue weighted by atomic mass is 15.3. The summed E-state index contributed by atoms with van der Waals surface area (Å²) in [6.45, 7) is 3.34. The second-order valence-corrected chi connectivity index (χ2v) is 4.69. The van der Waals surface area contributed by atoms with E-state index in [9.17, 15) is 0 Å². The molecule has 3 aliphatic heterocycles. The molecule has 3 heterocycles. The molecule has 3 heteroatoms. The first-order chi connectivity index (χ1) is 7.31. The Morgan fingerprint density at radius 2 is 1.93 bits per heavy atom. The monoisotopic (exact) mass is 203 g/mol. The number of fused-ring (bicyclic) bond motifs is 2. The van der Waals surface area contributed by atoms with Crippen LogP contribution in [0.2, 0.25) is 0 Å². The number of hydrogen-bond donors (Lipinski definition) is 2. The van der Waals surface area contributed by atoms with Crippen LogP contribution in [0, 0.1) is 0 Å². The van der Waals surface area contributed by atoms with Crippen molar-refractivity contribution in [1.82, 2.24) is 10.2 Å². The second kappa shape index (κ2) is 3.51. The maximum Gasteiger partial charge on any atom is 0.0359 e. The average Bonchev–Trinajstić information content (AvgIpc) is 2.21. The molecule has 3 aliphatic rings. The first-order valence-electron chi connectivity index (χ1n) is 5.63. The van der Waals surface area contributed by atoms with Crippen LogP contribution in [0.25, 0.3) is 0 Å². The smallest absolute Gasteiger partial charge is 0.0359 e. The number of para-hydroxylation sites is 1. The fourth-order valence-electron chi connectivity index (χ4n) is 2.65. The molecule has 80 valence electrons. The third-order valence-electron chi connectivity index (χ3n) is 3.45. The van der Waals surface area contributed by atoms with Crippen molar-refractivity contribution in [3.63, 3.8) is 0 Å². The van der Waals surface area contributed by atoms with Gasteiger partial charge in [0, 0.05) is 37.4 Å². The first kappa shape index (κ1) is 9.19. The maximum atomic E-state index is 5.94. The quantitative estimate of drug-likeness (QED) is 0.699. The van der Waals surface area contributed by atoms with E-state index in [-0.39, 0.29) is 0 Å². The second-order valence-electron chi connectivity index (χ2n) is 4.69. The van der Waals surface area contributed by atoms with Crippen LogP contribution in [0.1, 0.15) is 12.0 Å². The van der Waals surface area contributed by atoms with Crippen molar-refractivity contribution in [2.24, 2.45) is 0 Å². The van der Waals surface area contributed by atoms with Gasteiger partial charge in [0.15, 0.2) is 0 Å². The van der Waals surface area contributed by atoms with Crippen LogP contribution in [0.4, 0.5) is 5.69 Å². The van der Waals surface area contributed by atoms with Crippen molar-refractivity contribution >= 4 is 5.69 Å². The molecule has 0 saturated carbocycles. The molecule has 2 bridgehead atoms. The molecule has 3 fully saturated rings. The summed E-state index contributed by atoms with van der Waals surface area (Å²) in [5.74, 6) is 0. The molecule has 4 rings (SSSR count). The van der Waals surface area contributed by atoms with Crippen molar-refractivity contribution < 1.29 is 0 Å². The normalized spacial score (nSPS) is 29.9. The SMILES string of the molecule is Nc1ccccc1CN1CC2CC(C1)N2. The van der Waals surface area contributed by atoms with E-state index in [2.05, 4.69) is 22.3 Å². The largest absolute Gasteiger partial charge is 0.398 e. The first-order valence-corrected chi connectivity index (χ1v) is 5.63. The van der Waals surface area contributed by atoms with Crippen molar-refractivity contribution in [2.45, 2.75) is 25.0 Å². The van der Waals surface area contributed by atoms with Crippen molar-refractivity contribution in [3.8, 4) is 0 Å². The number of piperazine rings is 1. The summed E-state index contributed by atoms with van der Waals surface area (Å²) in [6.07, 6.45) is 1.36. The summed E-state index contributed by atoms with van der Waals surface area (Å²) < 4.78 is 0. The number of piperidine rings is 1. The molecule has 15 heavy (non-hydrogen) atoms. The Bertz CT molecular complexity index is 348. The van der Waals surface area contributed by atoms with E-state index in [4.69, 9.17) is 5.73 Å². The zero-order chi connectivity index (χ0) is 10.3. The number of benzene rings is 1. The van der Waals surface area contributed by atoms with Gasteiger partial charge in [0.2, 0.25) is 0 Å². The van der Waals surface area contributed by atoms with Crippen LogP contribution in [-0.4, -0.2) is 30.1 Å². The summed E-state index contributed by atoms with van der Waals surface area (Å²) in [4.78, 5) is 2.50. The fourth-order valence-corrected chi connectivity index (χ4v) is 2.65. The number of anilines is 1. The molecule has 1 aromatic carbocycles. The molecule has 3 N–H and O–H groups in total. The van der Waals surface area contributed by atoms with E-state index in [1.807, 2.05) is 12.1 Å². The standard InChI is InChI=1S/C12H17N3/c13-12-4-2-1-3-9(12)6-15-7-10-5-11(8-15)14-10/h1-4,10-11,14H,5-8,13H2. The maximum absolute atomic E-state index is 5.94. The van der Waals surface area contributed by atoms with Gasteiger partial charge in [-0.05, 0) is 18.1 Å². The van der Waals surface area contributed by atoms with Crippen LogP contribution in [-0.2, 0) is 6.54 Å². The lowest BCUT2D eigenvalue weighted by atomic mass is 9.91.